The van der Waals surface area contributed by atoms with Gasteiger partial charge >= 0.3 is 0 Å². The van der Waals surface area contributed by atoms with Crippen LogP contribution in [-0.4, -0.2) is 37.8 Å². The van der Waals surface area contributed by atoms with Crippen LogP contribution in [0, 0.1) is 10.1 Å². The molecule has 1 aromatic carbocycles. The molecule has 0 saturated heterocycles. The molecule has 0 unspecified atom stereocenters. The predicted octanol–water partition coefficient (Wildman–Crippen LogP) is 2.06. The number of benzene rings is 1. The van der Waals surface area contributed by atoms with E-state index in [0.717, 1.165) is 10.7 Å². The maximum Gasteiger partial charge on any atom is 0.289 e. The Hall–Kier alpha value is -1.67. The monoisotopic (exact) mass is 301 g/mol. The molecular weight excluding hydrogens is 282 g/mol. The van der Waals surface area contributed by atoms with E-state index in [4.69, 9.17) is 0 Å². The number of anilines is 1. The van der Waals surface area contributed by atoms with Gasteiger partial charge in [0, 0.05) is 31.9 Å². The summed E-state index contributed by atoms with van der Waals surface area (Å²) in [7, 11) is -2.47. The minimum absolute atomic E-state index is 0.242. The lowest BCUT2D eigenvalue weighted by atomic mass is 10.3. The summed E-state index contributed by atoms with van der Waals surface area (Å²) in [5, 5.41) is 14.0. The van der Waals surface area contributed by atoms with Gasteiger partial charge in [0.05, 0.1) is 4.92 Å². The summed E-state index contributed by atoms with van der Waals surface area (Å²) in [4.78, 5) is 10.0. The highest BCUT2D eigenvalue weighted by atomic mass is 32.2. The van der Waals surface area contributed by atoms with Crippen LogP contribution in [0.25, 0.3) is 0 Å². The lowest BCUT2D eigenvalue weighted by molar-refractivity contribution is -0.387. The van der Waals surface area contributed by atoms with Gasteiger partial charge in [0.25, 0.3) is 5.69 Å². The Morgan fingerprint density at radius 3 is 2.50 bits per heavy atom. The summed E-state index contributed by atoms with van der Waals surface area (Å²) in [6, 6.07) is 4.04. The van der Waals surface area contributed by atoms with E-state index < -0.39 is 20.6 Å². The van der Waals surface area contributed by atoms with E-state index in [2.05, 4.69) is 5.32 Å². The standard InChI is InChI=1S/C12H19N3O4S/c1-4-8-13-10-6-7-11(15(16)17)12(9-10)20(18,19)14(3)5-2/h6-7,9,13H,4-5,8H2,1-3H3. The van der Waals surface area contributed by atoms with E-state index in [0.29, 0.717) is 12.2 Å². The molecule has 0 aliphatic heterocycles. The number of hydrogen-bond donors (Lipinski definition) is 1. The van der Waals surface area contributed by atoms with Gasteiger partial charge in [0.15, 0.2) is 4.90 Å². The summed E-state index contributed by atoms with van der Waals surface area (Å²) in [6.07, 6.45) is 0.869. The summed E-state index contributed by atoms with van der Waals surface area (Å²) in [6.45, 7) is 4.55. The van der Waals surface area contributed by atoms with Crippen molar-refractivity contribution in [1.29, 1.82) is 0 Å². The molecule has 0 amide bonds. The second-order valence-corrected chi connectivity index (χ2v) is 6.30. The normalized spacial score (nSPS) is 11.6. The Bertz CT molecular complexity index is 586. The minimum atomic E-state index is -3.86. The molecule has 0 aliphatic carbocycles. The molecule has 112 valence electrons. The van der Waals surface area contributed by atoms with Crippen molar-refractivity contribution in [3.8, 4) is 0 Å². The Morgan fingerprint density at radius 1 is 1.35 bits per heavy atom. The van der Waals surface area contributed by atoms with Gasteiger partial charge in [0.1, 0.15) is 0 Å². The van der Waals surface area contributed by atoms with Gasteiger partial charge in [-0.1, -0.05) is 13.8 Å². The Balaban J connectivity index is 3.36. The molecule has 0 aromatic heterocycles. The summed E-state index contributed by atoms with van der Waals surface area (Å²) >= 11 is 0. The first-order valence-electron chi connectivity index (χ1n) is 6.33. The second kappa shape index (κ2) is 6.67. The molecule has 0 bridgehead atoms. The zero-order valence-electron chi connectivity index (χ0n) is 11.8. The molecule has 8 heteroatoms. The number of sulfonamides is 1. The maximum absolute atomic E-state index is 12.3. The molecule has 20 heavy (non-hydrogen) atoms. The van der Waals surface area contributed by atoms with Crippen molar-refractivity contribution in [2.24, 2.45) is 0 Å². The van der Waals surface area contributed by atoms with Crippen molar-refractivity contribution in [2.45, 2.75) is 25.2 Å². The lowest BCUT2D eigenvalue weighted by Gasteiger charge is -2.15. The number of hydrogen-bond acceptors (Lipinski definition) is 5. The summed E-state index contributed by atoms with van der Waals surface area (Å²) in [5.74, 6) is 0. The number of nitrogens with one attached hydrogen (secondary N) is 1. The van der Waals surface area contributed by atoms with E-state index >= 15 is 0 Å². The largest absolute Gasteiger partial charge is 0.385 e. The molecule has 0 saturated carbocycles. The molecule has 1 N–H and O–H groups in total. The molecule has 0 aliphatic rings. The quantitative estimate of drug-likeness (QED) is 0.614. The lowest BCUT2D eigenvalue weighted by Crippen LogP contribution is -2.27. The molecule has 0 fully saturated rings. The Kier molecular flexibility index (Phi) is 5.46. The maximum atomic E-state index is 12.3. The van der Waals surface area contributed by atoms with Gasteiger partial charge in [-0.3, -0.25) is 10.1 Å². The molecule has 0 radical (unpaired) electrons. The molecular formula is C12H19N3O4S. The third kappa shape index (κ3) is 3.45. The highest BCUT2D eigenvalue weighted by molar-refractivity contribution is 7.89. The van der Waals surface area contributed by atoms with E-state index in [1.807, 2.05) is 6.92 Å². The van der Waals surface area contributed by atoms with Crippen LogP contribution in [0.2, 0.25) is 0 Å². The fraction of sp³-hybridized carbons (Fsp3) is 0.500. The predicted molar refractivity (Wildman–Crippen MR) is 77.4 cm³/mol. The number of rotatable bonds is 7. The first-order valence-corrected chi connectivity index (χ1v) is 7.77. The molecule has 0 heterocycles. The van der Waals surface area contributed by atoms with Crippen LogP contribution in [-0.2, 0) is 10.0 Å². The van der Waals surface area contributed by atoms with Crippen molar-refractivity contribution in [1.82, 2.24) is 4.31 Å². The van der Waals surface area contributed by atoms with Crippen molar-refractivity contribution in [2.75, 3.05) is 25.5 Å². The van der Waals surface area contributed by atoms with Crippen molar-refractivity contribution in [3.05, 3.63) is 28.3 Å². The van der Waals surface area contributed by atoms with Crippen LogP contribution >= 0.6 is 0 Å². The van der Waals surface area contributed by atoms with Crippen molar-refractivity contribution >= 4 is 21.4 Å². The summed E-state index contributed by atoms with van der Waals surface area (Å²) in [5.41, 5.74) is 0.146. The Morgan fingerprint density at radius 2 is 2.00 bits per heavy atom. The first kappa shape index (κ1) is 16.4. The van der Waals surface area contributed by atoms with Crippen LogP contribution in [0.1, 0.15) is 20.3 Å². The highest BCUT2D eigenvalue weighted by Crippen LogP contribution is 2.29. The van der Waals surface area contributed by atoms with Crippen LogP contribution in [0.15, 0.2) is 23.1 Å². The first-order chi connectivity index (χ1) is 9.34. The fourth-order valence-electron chi connectivity index (χ4n) is 1.59. The van der Waals surface area contributed by atoms with Crippen LogP contribution < -0.4 is 5.32 Å². The Labute approximate surface area is 118 Å². The molecule has 7 nitrogen and oxygen atoms in total. The van der Waals surface area contributed by atoms with Crippen molar-refractivity contribution < 1.29 is 13.3 Å². The van der Waals surface area contributed by atoms with Crippen LogP contribution in [0.5, 0.6) is 0 Å². The smallest absolute Gasteiger partial charge is 0.289 e. The van der Waals surface area contributed by atoms with Gasteiger partial charge in [-0.2, -0.15) is 0 Å². The summed E-state index contributed by atoms with van der Waals surface area (Å²) < 4.78 is 25.7. The van der Waals surface area contributed by atoms with Gasteiger partial charge in [-0.15, -0.1) is 0 Å². The third-order valence-electron chi connectivity index (χ3n) is 2.87. The zero-order chi connectivity index (χ0) is 15.3. The average molecular weight is 301 g/mol. The van der Waals surface area contributed by atoms with Gasteiger partial charge in [0.2, 0.25) is 10.0 Å². The minimum Gasteiger partial charge on any atom is -0.385 e. The number of nitrogens with zero attached hydrogens (tertiary/aromatic N) is 2. The third-order valence-corrected chi connectivity index (χ3v) is 4.83. The van der Waals surface area contributed by atoms with Gasteiger partial charge < -0.3 is 5.32 Å². The highest BCUT2D eigenvalue weighted by Gasteiger charge is 2.29. The van der Waals surface area contributed by atoms with Gasteiger partial charge in [-0.05, 0) is 18.6 Å². The number of nitro groups is 1. The SMILES string of the molecule is CCCNc1ccc([N+](=O)[O-])c(S(=O)(=O)N(C)CC)c1. The molecule has 1 rings (SSSR count). The van der Waals surface area contributed by atoms with E-state index in [1.165, 1.54) is 25.2 Å². The molecule has 1 aromatic rings. The molecule has 0 spiro atoms. The van der Waals surface area contributed by atoms with E-state index in [-0.39, 0.29) is 11.4 Å². The van der Waals surface area contributed by atoms with Crippen LogP contribution in [0.3, 0.4) is 0 Å². The van der Waals surface area contributed by atoms with Crippen LogP contribution in [0.4, 0.5) is 11.4 Å². The second-order valence-electron chi connectivity index (χ2n) is 4.29. The molecule has 0 atom stereocenters. The zero-order valence-corrected chi connectivity index (χ0v) is 12.6. The van der Waals surface area contributed by atoms with E-state index in [1.54, 1.807) is 6.92 Å². The fourth-order valence-corrected chi connectivity index (χ4v) is 2.95. The topological polar surface area (TPSA) is 92.5 Å². The van der Waals surface area contributed by atoms with E-state index in [9.17, 15) is 18.5 Å². The van der Waals surface area contributed by atoms with Gasteiger partial charge in [-0.25, -0.2) is 12.7 Å². The number of nitro benzene ring substituents is 1. The van der Waals surface area contributed by atoms with Crippen molar-refractivity contribution in [3.63, 3.8) is 0 Å². The average Bonchev–Trinajstić information content (AvgIpc) is 2.43.